The Kier molecular flexibility index (Phi) is 7.69. The number of benzene rings is 2. The smallest absolute Gasteiger partial charge is 0.409 e. The maximum Gasteiger partial charge on any atom is 0.409 e. The zero-order valence-electron chi connectivity index (χ0n) is 22.0. The van der Waals surface area contributed by atoms with Crippen molar-refractivity contribution in [1.82, 2.24) is 9.80 Å². The SMILES string of the molecule is CCOC(=O)N1CCN(C(=O)[C@H]2Cc3cc([N+](=O)[O-])ccc3N3CCN(c4cc(Cl)ccc4OC)C[C@H]23)CC1. The first-order chi connectivity index (χ1) is 18.8. The van der Waals surface area contributed by atoms with Gasteiger partial charge in [-0.2, -0.15) is 0 Å². The summed E-state index contributed by atoms with van der Waals surface area (Å²) in [7, 11) is 1.62. The standard InChI is InChI=1S/C27H32ClN5O6/c1-3-39-27(35)30-10-8-29(9-11-30)26(34)21-15-18-14-20(33(36)37)5-6-22(18)32-13-12-31(17-24(21)32)23-16-19(28)4-7-25(23)38-2/h4-7,14,16,21,24H,3,8-13,15,17H2,1-2H3/t21-,24+/m0/s1. The molecule has 0 unspecified atom stereocenters. The van der Waals surface area contributed by atoms with Crippen LogP contribution in [0.3, 0.4) is 0 Å². The largest absolute Gasteiger partial charge is 0.495 e. The molecule has 11 nitrogen and oxygen atoms in total. The summed E-state index contributed by atoms with van der Waals surface area (Å²) in [5.41, 5.74) is 2.62. The molecule has 0 radical (unpaired) electrons. The lowest BCUT2D eigenvalue weighted by Gasteiger charge is -2.50. The maximum atomic E-state index is 14.0. The van der Waals surface area contributed by atoms with Gasteiger partial charge in [-0.05, 0) is 43.2 Å². The highest BCUT2D eigenvalue weighted by atomic mass is 35.5. The molecule has 0 saturated carbocycles. The summed E-state index contributed by atoms with van der Waals surface area (Å²) < 4.78 is 10.7. The van der Waals surface area contributed by atoms with Crippen molar-refractivity contribution in [2.24, 2.45) is 5.92 Å². The van der Waals surface area contributed by atoms with Crippen LogP contribution < -0.4 is 14.5 Å². The van der Waals surface area contributed by atoms with Crippen molar-refractivity contribution in [3.63, 3.8) is 0 Å². The van der Waals surface area contributed by atoms with E-state index < -0.39 is 10.8 Å². The number of piperazine rings is 2. The Morgan fingerprint density at radius 3 is 2.46 bits per heavy atom. The predicted octanol–water partition coefficient (Wildman–Crippen LogP) is 3.43. The maximum absolute atomic E-state index is 14.0. The zero-order chi connectivity index (χ0) is 27.7. The monoisotopic (exact) mass is 557 g/mol. The van der Waals surface area contributed by atoms with E-state index in [1.807, 2.05) is 12.1 Å². The van der Waals surface area contributed by atoms with Crippen LogP contribution in [-0.2, 0) is 16.0 Å². The molecule has 2 aromatic carbocycles. The van der Waals surface area contributed by atoms with Crippen LogP contribution in [0.1, 0.15) is 12.5 Å². The van der Waals surface area contributed by atoms with Gasteiger partial charge < -0.3 is 29.1 Å². The molecule has 2 amide bonds. The molecule has 2 fully saturated rings. The number of rotatable bonds is 5. The topological polar surface area (TPSA) is 109 Å². The van der Waals surface area contributed by atoms with Gasteiger partial charge in [0.15, 0.2) is 0 Å². The second-order valence-electron chi connectivity index (χ2n) is 9.91. The normalized spacial score (nSPS) is 20.7. The number of carbonyl (C=O) groups excluding carboxylic acids is 2. The van der Waals surface area contributed by atoms with Gasteiger partial charge >= 0.3 is 6.09 Å². The molecule has 12 heteroatoms. The molecule has 0 bridgehead atoms. The Balaban J connectivity index is 1.43. The highest BCUT2D eigenvalue weighted by Gasteiger charge is 2.44. The lowest BCUT2D eigenvalue weighted by Crippen LogP contribution is -2.62. The summed E-state index contributed by atoms with van der Waals surface area (Å²) >= 11 is 6.33. The van der Waals surface area contributed by atoms with Crippen LogP contribution in [0.2, 0.25) is 5.02 Å². The third-order valence-electron chi connectivity index (χ3n) is 7.82. The number of fused-ring (bicyclic) bond motifs is 3. The fourth-order valence-corrected chi connectivity index (χ4v) is 6.06. The summed E-state index contributed by atoms with van der Waals surface area (Å²) in [5, 5.41) is 12.1. The molecular formula is C27H32ClN5O6. The number of hydrogen-bond donors (Lipinski definition) is 0. The minimum absolute atomic E-state index is 0.00873. The van der Waals surface area contributed by atoms with Crippen molar-refractivity contribution in [3.05, 3.63) is 57.1 Å². The van der Waals surface area contributed by atoms with E-state index in [0.29, 0.717) is 69.6 Å². The third-order valence-corrected chi connectivity index (χ3v) is 8.06. The van der Waals surface area contributed by atoms with Gasteiger partial charge in [0.1, 0.15) is 5.75 Å². The number of ether oxygens (including phenoxy) is 2. The minimum Gasteiger partial charge on any atom is -0.495 e. The summed E-state index contributed by atoms with van der Waals surface area (Å²) in [6.07, 6.45) is 0.0309. The van der Waals surface area contributed by atoms with Crippen LogP contribution in [0, 0.1) is 16.0 Å². The summed E-state index contributed by atoms with van der Waals surface area (Å²) in [6.45, 7) is 5.56. The molecule has 39 heavy (non-hydrogen) atoms. The van der Waals surface area contributed by atoms with Crippen molar-refractivity contribution >= 4 is 40.7 Å². The van der Waals surface area contributed by atoms with Crippen molar-refractivity contribution in [3.8, 4) is 5.75 Å². The van der Waals surface area contributed by atoms with Crippen LogP contribution in [0.25, 0.3) is 0 Å². The predicted molar refractivity (Wildman–Crippen MR) is 147 cm³/mol. The highest BCUT2D eigenvalue weighted by molar-refractivity contribution is 6.31. The van der Waals surface area contributed by atoms with Crippen molar-refractivity contribution in [2.75, 3.05) is 69.3 Å². The van der Waals surface area contributed by atoms with Gasteiger partial charge in [0.25, 0.3) is 5.69 Å². The molecule has 3 aliphatic heterocycles. The number of nitro benzene ring substituents is 1. The molecule has 3 aliphatic rings. The summed E-state index contributed by atoms with van der Waals surface area (Å²) in [6, 6.07) is 10.3. The number of methoxy groups -OCH3 is 1. The fourth-order valence-electron chi connectivity index (χ4n) is 5.90. The van der Waals surface area contributed by atoms with Gasteiger partial charge in [0.2, 0.25) is 5.91 Å². The number of non-ortho nitro benzene ring substituents is 1. The lowest BCUT2D eigenvalue weighted by molar-refractivity contribution is -0.384. The number of anilines is 2. The highest BCUT2D eigenvalue weighted by Crippen LogP contribution is 2.41. The molecule has 5 rings (SSSR count). The lowest BCUT2D eigenvalue weighted by atomic mass is 9.82. The molecule has 0 N–H and O–H groups in total. The first-order valence-corrected chi connectivity index (χ1v) is 13.5. The molecule has 0 aliphatic carbocycles. The van der Waals surface area contributed by atoms with Gasteiger partial charge in [0.05, 0.1) is 36.3 Å². The number of hydrogen-bond acceptors (Lipinski definition) is 8. The molecule has 0 aromatic heterocycles. The van der Waals surface area contributed by atoms with Crippen LogP contribution in [0.4, 0.5) is 21.9 Å². The number of halogens is 1. The molecular weight excluding hydrogens is 526 g/mol. The minimum atomic E-state index is -0.415. The first kappa shape index (κ1) is 26.9. The number of amides is 2. The Morgan fingerprint density at radius 2 is 1.77 bits per heavy atom. The average Bonchev–Trinajstić information content (AvgIpc) is 2.95. The van der Waals surface area contributed by atoms with Gasteiger partial charge in [-0.1, -0.05) is 11.6 Å². The summed E-state index contributed by atoms with van der Waals surface area (Å²) in [5.74, 6) is 0.282. The molecule has 208 valence electrons. The Bertz CT molecular complexity index is 1270. The van der Waals surface area contributed by atoms with E-state index in [4.69, 9.17) is 21.1 Å². The van der Waals surface area contributed by atoms with Crippen molar-refractivity contribution < 1.29 is 24.0 Å². The van der Waals surface area contributed by atoms with Gasteiger partial charge in [-0.25, -0.2) is 4.79 Å². The summed E-state index contributed by atoms with van der Waals surface area (Å²) in [4.78, 5) is 45.1. The first-order valence-electron chi connectivity index (χ1n) is 13.1. The van der Waals surface area contributed by atoms with E-state index >= 15 is 0 Å². The van der Waals surface area contributed by atoms with Crippen LogP contribution >= 0.6 is 11.6 Å². The second kappa shape index (κ2) is 11.2. The molecule has 2 saturated heterocycles. The molecule has 0 spiro atoms. The van der Waals surface area contributed by atoms with E-state index in [2.05, 4.69) is 9.80 Å². The Labute approximate surface area is 231 Å². The van der Waals surface area contributed by atoms with Gasteiger partial charge in [0, 0.05) is 68.7 Å². The third kappa shape index (κ3) is 5.27. The molecule has 3 heterocycles. The quantitative estimate of drug-likeness (QED) is 0.406. The number of nitrogens with zero attached hydrogens (tertiary/aromatic N) is 5. The van der Waals surface area contributed by atoms with E-state index in [9.17, 15) is 19.7 Å². The number of carbonyl (C=O) groups is 2. The zero-order valence-corrected chi connectivity index (χ0v) is 22.8. The Hall–Kier alpha value is -3.73. The fraction of sp³-hybridized carbons (Fsp3) is 0.481. The van der Waals surface area contributed by atoms with E-state index in [-0.39, 0.29) is 23.7 Å². The van der Waals surface area contributed by atoms with Gasteiger partial charge in [-0.3, -0.25) is 14.9 Å². The van der Waals surface area contributed by atoms with E-state index in [0.717, 1.165) is 16.9 Å². The average molecular weight is 558 g/mol. The second-order valence-corrected chi connectivity index (χ2v) is 10.4. The number of nitro groups is 1. The molecule has 2 aromatic rings. The van der Waals surface area contributed by atoms with Crippen LogP contribution in [0.5, 0.6) is 5.75 Å². The molecule has 2 atom stereocenters. The van der Waals surface area contributed by atoms with E-state index in [1.165, 1.54) is 6.07 Å². The van der Waals surface area contributed by atoms with Crippen LogP contribution in [0.15, 0.2) is 36.4 Å². The Morgan fingerprint density at radius 1 is 1.03 bits per heavy atom. The van der Waals surface area contributed by atoms with Crippen LogP contribution in [-0.4, -0.2) is 92.3 Å². The van der Waals surface area contributed by atoms with E-state index in [1.54, 1.807) is 42.0 Å². The van der Waals surface area contributed by atoms with Crippen molar-refractivity contribution in [1.29, 1.82) is 0 Å². The van der Waals surface area contributed by atoms with Gasteiger partial charge in [-0.15, -0.1) is 0 Å². The van der Waals surface area contributed by atoms with Crippen molar-refractivity contribution in [2.45, 2.75) is 19.4 Å².